The molecule has 2 heterocycles. The van der Waals surface area contributed by atoms with Crippen LogP contribution >= 0.6 is 34.2 Å². The summed E-state index contributed by atoms with van der Waals surface area (Å²) >= 11 is 8.46. The summed E-state index contributed by atoms with van der Waals surface area (Å²) in [5, 5.41) is 21.5. The Morgan fingerprint density at radius 1 is 1.00 bits per heavy atom. The Labute approximate surface area is 210 Å². The van der Waals surface area contributed by atoms with E-state index in [0.717, 1.165) is 20.4 Å². The molecule has 33 heavy (non-hydrogen) atoms. The molecule has 6 heteroatoms. The first kappa shape index (κ1) is 21.7. The summed E-state index contributed by atoms with van der Waals surface area (Å²) in [5.74, 6) is -0.763. The van der Waals surface area contributed by atoms with Crippen molar-refractivity contribution >= 4 is 51.7 Å². The molecule has 0 bridgehead atoms. The zero-order chi connectivity index (χ0) is 23.2. The molecule has 3 aromatic carbocycles. The zero-order valence-corrected chi connectivity index (χ0v) is 20.2. The topological polar surface area (TPSA) is 67.9 Å². The van der Waals surface area contributed by atoms with Crippen molar-refractivity contribution in [3.05, 3.63) is 104 Å². The Morgan fingerprint density at radius 2 is 1.70 bits per heavy atom. The van der Waals surface area contributed by atoms with Gasteiger partial charge in [0.1, 0.15) is 6.04 Å². The summed E-state index contributed by atoms with van der Waals surface area (Å²) in [6.45, 7) is 0. The molecule has 2 aliphatic rings. The Hall–Kier alpha value is -3.13. The van der Waals surface area contributed by atoms with Crippen LogP contribution in [-0.2, 0) is 0 Å². The Balaban J connectivity index is 1.79. The van der Waals surface area contributed by atoms with E-state index in [2.05, 4.69) is 34.7 Å². The summed E-state index contributed by atoms with van der Waals surface area (Å²) < 4.78 is 1.04. The van der Waals surface area contributed by atoms with E-state index in [9.17, 15) is 15.3 Å². The van der Waals surface area contributed by atoms with Crippen LogP contribution in [0.2, 0.25) is 5.02 Å². The van der Waals surface area contributed by atoms with Gasteiger partial charge in [-0.3, -0.25) is 4.79 Å². The van der Waals surface area contributed by atoms with Crippen molar-refractivity contribution < 1.29 is 4.79 Å². The van der Waals surface area contributed by atoms with E-state index in [0.29, 0.717) is 10.6 Å². The number of carbonyl (C=O) groups is 1. The van der Waals surface area contributed by atoms with Crippen molar-refractivity contribution in [2.24, 2.45) is 5.41 Å². The van der Waals surface area contributed by atoms with E-state index in [1.807, 2.05) is 71.6 Å². The first-order valence-electron chi connectivity index (χ1n) is 10.4. The lowest BCUT2D eigenvalue weighted by molar-refractivity contribution is 0.0951. The SMILES string of the molecule is N#CC1(C#N)[C@H](c2ccc(I)cc2)[C@@H](C(=O)c2ccccc2)N2c3ccc(Cl)cc3C=C[C@H]21. The lowest BCUT2D eigenvalue weighted by Gasteiger charge is -2.35. The van der Waals surface area contributed by atoms with Crippen molar-refractivity contribution in [2.45, 2.75) is 18.0 Å². The highest BCUT2D eigenvalue weighted by Crippen LogP contribution is 2.55. The lowest BCUT2D eigenvalue weighted by Crippen LogP contribution is -2.44. The molecule has 0 aliphatic carbocycles. The summed E-state index contributed by atoms with van der Waals surface area (Å²) in [7, 11) is 0. The van der Waals surface area contributed by atoms with Gasteiger partial charge in [-0.15, -0.1) is 0 Å². The van der Waals surface area contributed by atoms with Crippen LogP contribution in [0.3, 0.4) is 0 Å². The molecule has 2 aliphatic heterocycles. The second kappa shape index (κ2) is 8.33. The molecule has 0 saturated carbocycles. The predicted molar refractivity (Wildman–Crippen MR) is 137 cm³/mol. The van der Waals surface area contributed by atoms with Crippen molar-refractivity contribution in [3.8, 4) is 12.1 Å². The molecule has 4 nitrogen and oxygen atoms in total. The molecule has 3 aromatic rings. The number of Topliss-reactive ketones (excluding diaryl/α,β-unsaturated/α-hetero) is 1. The maximum Gasteiger partial charge on any atom is 0.185 e. The summed E-state index contributed by atoms with van der Waals surface area (Å²) in [6, 6.07) is 25.6. The molecule has 0 N–H and O–H groups in total. The first-order valence-corrected chi connectivity index (χ1v) is 11.9. The molecule has 1 fully saturated rings. The van der Waals surface area contributed by atoms with E-state index in [1.165, 1.54) is 0 Å². The van der Waals surface area contributed by atoms with Gasteiger partial charge < -0.3 is 4.90 Å². The number of hydrogen-bond donors (Lipinski definition) is 0. The fraction of sp³-hybridized carbons (Fsp3) is 0.148. The lowest BCUT2D eigenvalue weighted by atomic mass is 9.69. The molecule has 1 saturated heterocycles. The van der Waals surface area contributed by atoms with Gasteiger partial charge in [0.2, 0.25) is 0 Å². The number of nitrogens with zero attached hydrogens (tertiary/aromatic N) is 3. The normalized spacial score (nSPS) is 22.1. The fourth-order valence-electron chi connectivity index (χ4n) is 5.08. The van der Waals surface area contributed by atoms with Crippen LogP contribution in [0, 0.1) is 31.6 Å². The van der Waals surface area contributed by atoms with Crippen LogP contribution in [0.25, 0.3) is 6.08 Å². The maximum absolute atomic E-state index is 14.0. The zero-order valence-electron chi connectivity index (χ0n) is 17.3. The van der Waals surface area contributed by atoms with Gasteiger partial charge in [-0.25, -0.2) is 0 Å². The van der Waals surface area contributed by atoms with E-state index >= 15 is 0 Å². The minimum Gasteiger partial charge on any atom is -0.351 e. The third-order valence-electron chi connectivity index (χ3n) is 6.52. The predicted octanol–water partition coefficient (Wildman–Crippen LogP) is 6.23. The number of benzene rings is 3. The standard InChI is InChI=1S/C27H17ClIN3O/c28-20-9-12-22-19(14-20)8-13-23-27(15-30,16-31)24(17-6-10-21(29)11-7-17)25(32(22)23)26(33)18-4-2-1-3-5-18/h1-14,23-25H/t23-,24+,25-/m0/s1. The van der Waals surface area contributed by atoms with Gasteiger partial charge >= 0.3 is 0 Å². The molecule has 0 radical (unpaired) electrons. The Morgan fingerprint density at radius 3 is 2.36 bits per heavy atom. The van der Waals surface area contributed by atoms with Gasteiger partial charge in [0.05, 0.1) is 18.2 Å². The van der Waals surface area contributed by atoms with E-state index < -0.39 is 23.4 Å². The van der Waals surface area contributed by atoms with E-state index in [-0.39, 0.29) is 5.78 Å². The molecule has 0 unspecified atom stereocenters. The molecule has 0 aromatic heterocycles. The molecule has 0 amide bonds. The number of ketones is 1. The minimum absolute atomic E-state index is 0.118. The van der Waals surface area contributed by atoms with Gasteiger partial charge in [0.15, 0.2) is 11.2 Å². The number of fused-ring (bicyclic) bond motifs is 3. The van der Waals surface area contributed by atoms with Gasteiger partial charge in [0.25, 0.3) is 0 Å². The third kappa shape index (κ3) is 3.35. The molecular formula is C27H17ClIN3O. The third-order valence-corrected chi connectivity index (χ3v) is 7.48. The smallest absolute Gasteiger partial charge is 0.185 e. The number of hydrogen-bond acceptors (Lipinski definition) is 4. The van der Waals surface area contributed by atoms with Crippen LogP contribution in [0.4, 0.5) is 5.69 Å². The summed E-state index contributed by atoms with van der Waals surface area (Å²) in [6.07, 6.45) is 3.76. The van der Waals surface area contributed by atoms with Crippen LogP contribution < -0.4 is 4.90 Å². The number of anilines is 1. The summed E-state index contributed by atoms with van der Waals surface area (Å²) in [4.78, 5) is 16.0. The van der Waals surface area contributed by atoms with Crippen molar-refractivity contribution in [1.82, 2.24) is 0 Å². The van der Waals surface area contributed by atoms with Gasteiger partial charge in [-0.2, -0.15) is 10.5 Å². The van der Waals surface area contributed by atoms with Crippen LogP contribution in [-0.4, -0.2) is 17.9 Å². The Bertz CT molecular complexity index is 1340. The van der Waals surface area contributed by atoms with Crippen LogP contribution in [0.15, 0.2) is 78.9 Å². The van der Waals surface area contributed by atoms with E-state index in [1.54, 1.807) is 18.2 Å². The highest BCUT2D eigenvalue weighted by atomic mass is 127. The number of carbonyl (C=O) groups excluding carboxylic acids is 1. The molecule has 160 valence electrons. The number of nitriles is 2. The number of rotatable bonds is 3. The minimum atomic E-state index is -1.45. The first-order chi connectivity index (χ1) is 16.0. The molecular weight excluding hydrogens is 545 g/mol. The van der Waals surface area contributed by atoms with Gasteiger partial charge in [-0.1, -0.05) is 66.2 Å². The number of halogens is 2. The average molecular weight is 562 g/mol. The molecule has 3 atom stereocenters. The Kier molecular flexibility index (Phi) is 5.48. The van der Waals surface area contributed by atoms with Crippen molar-refractivity contribution in [1.29, 1.82) is 10.5 Å². The second-order valence-electron chi connectivity index (χ2n) is 8.21. The van der Waals surface area contributed by atoms with Gasteiger partial charge in [0, 0.05) is 25.8 Å². The summed E-state index contributed by atoms with van der Waals surface area (Å²) in [5.41, 5.74) is 1.55. The quantitative estimate of drug-likeness (QED) is 0.281. The molecule has 5 rings (SSSR count). The fourth-order valence-corrected chi connectivity index (χ4v) is 5.62. The largest absolute Gasteiger partial charge is 0.351 e. The van der Waals surface area contributed by atoms with Crippen LogP contribution in [0.5, 0.6) is 0 Å². The maximum atomic E-state index is 14.0. The van der Waals surface area contributed by atoms with Crippen molar-refractivity contribution in [2.75, 3.05) is 4.90 Å². The second-order valence-corrected chi connectivity index (χ2v) is 9.89. The van der Waals surface area contributed by atoms with Crippen molar-refractivity contribution in [3.63, 3.8) is 0 Å². The highest BCUT2D eigenvalue weighted by molar-refractivity contribution is 14.1. The van der Waals surface area contributed by atoms with Gasteiger partial charge in [-0.05, 0) is 64.0 Å². The molecule has 0 spiro atoms. The van der Waals surface area contributed by atoms with E-state index in [4.69, 9.17) is 11.6 Å². The monoisotopic (exact) mass is 561 g/mol. The highest BCUT2D eigenvalue weighted by Gasteiger charge is 2.63. The van der Waals surface area contributed by atoms with Crippen LogP contribution in [0.1, 0.15) is 27.4 Å². The average Bonchev–Trinajstić information content (AvgIpc) is 3.15.